The van der Waals surface area contributed by atoms with Crippen LogP contribution in [0, 0.1) is 0 Å². The number of hydrogen-bond donors (Lipinski definition) is 1. The Kier molecular flexibility index (Phi) is 4.79. The lowest BCUT2D eigenvalue weighted by molar-refractivity contribution is -0.130. The molecule has 0 aliphatic carbocycles. The van der Waals surface area contributed by atoms with E-state index in [1.54, 1.807) is 0 Å². The summed E-state index contributed by atoms with van der Waals surface area (Å²) in [6.45, 7) is 2.42. The summed E-state index contributed by atoms with van der Waals surface area (Å²) in [4.78, 5) is 15.1. The minimum atomic E-state index is -0.269. The molecule has 2 heterocycles. The lowest BCUT2D eigenvalue weighted by Gasteiger charge is -2.41. The summed E-state index contributed by atoms with van der Waals surface area (Å²) in [6.07, 6.45) is 4.99. The highest BCUT2D eigenvalue weighted by Crippen LogP contribution is 2.32. The Balaban J connectivity index is 1.80. The van der Waals surface area contributed by atoms with E-state index in [1.165, 1.54) is 12.0 Å². The summed E-state index contributed by atoms with van der Waals surface area (Å²) < 4.78 is 5.53. The lowest BCUT2D eigenvalue weighted by atomic mass is 9.82. The third kappa shape index (κ3) is 3.18. The SMILES string of the molecule is CN1CCCCC1C(=O)NC1(c2ccccc2)CCOCC1. The number of nitrogens with zero attached hydrogens (tertiary/aromatic N) is 1. The van der Waals surface area contributed by atoms with E-state index in [1.807, 2.05) is 18.2 Å². The van der Waals surface area contributed by atoms with Crippen LogP contribution in [0.1, 0.15) is 37.7 Å². The molecule has 1 aromatic carbocycles. The van der Waals surface area contributed by atoms with E-state index >= 15 is 0 Å². The molecule has 2 fully saturated rings. The van der Waals surface area contributed by atoms with Gasteiger partial charge in [-0.05, 0) is 44.8 Å². The fraction of sp³-hybridized carbons (Fsp3) is 0.611. The van der Waals surface area contributed by atoms with Gasteiger partial charge < -0.3 is 10.1 Å². The Morgan fingerprint density at radius 3 is 2.64 bits per heavy atom. The molecule has 0 spiro atoms. The maximum atomic E-state index is 12.9. The van der Waals surface area contributed by atoms with Gasteiger partial charge in [-0.15, -0.1) is 0 Å². The Hall–Kier alpha value is -1.39. The van der Waals surface area contributed by atoms with Crippen LogP contribution in [0.4, 0.5) is 0 Å². The molecule has 4 nitrogen and oxygen atoms in total. The van der Waals surface area contributed by atoms with Crippen molar-refractivity contribution in [1.82, 2.24) is 10.2 Å². The molecule has 1 N–H and O–H groups in total. The van der Waals surface area contributed by atoms with Gasteiger partial charge in [0.25, 0.3) is 0 Å². The van der Waals surface area contributed by atoms with Crippen LogP contribution >= 0.6 is 0 Å². The van der Waals surface area contributed by atoms with Crippen LogP contribution in [0.2, 0.25) is 0 Å². The van der Waals surface area contributed by atoms with Gasteiger partial charge >= 0.3 is 0 Å². The van der Waals surface area contributed by atoms with Crippen molar-refractivity contribution in [3.8, 4) is 0 Å². The fourth-order valence-electron chi connectivity index (χ4n) is 3.69. The van der Waals surface area contributed by atoms with Gasteiger partial charge in [0.2, 0.25) is 5.91 Å². The number of hydrogen-bond acceptors (Lipinski definition) is 3. The van der Waals surface area contributed by atoms with E-state index in [0.29, 0.717) is 13.2 Å². The standard InChI is InChI=1S/C18H26N2O2/c1-20-12-6-5-9-16(20)17(21)19-18(10-13-22-14-11-18)15-7-3-2-4-8-15/h2-4,7-8,16H,5-6,9-14H2,1H3,(H,19,21). The number of rotatable bonds is 3. The van der Waals surface area contributed by atoms with Crippen molar-refractivity contribution in [2.45, 2.75) is 43.7 Å². The number of ether oxygens (including phenoxy) is 1. The Bertz CT molecular complexity index is 497. The quantitative estimate of drug-likeness (QED) is 0.931. The van der Waals surface area contributed by atoms with E-state index in [0.717, 1.165) is 32.2 Å². The maximum Gasteiger partial charge on any atom is 0.238 e. The normalized spacial score (nSPS) is 25.6. The van der Waals surface area contributed by atoms with Crippen molar-refractivity contribution in [2.75, 3.05) is 26.8 Å². The molecule has 0 bridgehead atoms. The summed E-state index contributed by atoms with van der Waals surface area (Å²) in [5, 5.41) is 3.39. The van der Waals surface area contributed by atoms with Gasteiger partial charge in [0, 0.05) is 13.2 Å². The van der Waals surface area contributed by atoms with Crippen LogP contribution < -0.4 is 5.32 Å². The van der Waals surface area contributed by atoms with Crippen molar-refractivity contribution < 1.29 is 9.53 Å². The van der Waals surface area contributed by atoms with Crippen LogP contribution in [0.15, 0.2) is 30.3 Å². The van der Waals surface area contributed by atoms with Crippen LogP contribution in [0.5, 0.6) is 0 Å². The average Bonchev–Trinajstić information content (AvgIpc) is 2.57. The summed E-state index contributed by atoms with van der Waals surface area (Å²) in [5.74, 6) is 0.174. The molecule has 1 atom stereocenters. The molecule has 4 heteroatoms. The topological polar surface area (TPSA) is 41.6 Å². The van der Waals surface area contributed by atoms with Crippen molar-refractivity contribution in [3.05, 3.63) is 35.9 Å². The molecular weight excluding hydrogens is 276 g/mol. The molecule has 0 aromatic heterocycles. The van der Waals surface area contributed by atoms with E-state index in [4.69, 9.17) is 4.74 Å². The Morgan fingerprint density at radius 1 is 1.23 bits per heavy atom. The Labute approximate surface area is 132 Å². The first-order valence-corrected chi connectivity index (χ1v) is 8.37. The monoisotopic (exact) mass is 302 g/mol. The van der Waals surface area contributed by atoms with Crippen molar-refractivity contribution >= 4 is 5.91 Å². The third-order valence-corrected chi connectivity index (χ3v) is 5.11. The molecule has 0 saturated carbocycles. The zero-order valence-electron chi connectivity index (χ0n) is 13.4. The molecule has 120 valence electrons. The first-order valence-electron chi connectivity index (χ1n) is 8.37. The number of carbonyl (C=O) groups excluding carboxylic acids is 1. The van der Waals surface area contributed by atoms with Gasteiger partial charge in [0.15, 0.2) is 0 Å². The number of piperidine rings is 1. The van der Waals surface area contributed by atoms with Gasteiger partial charge in [-0.25, -0.2) is 0 Å². The van der Waals surface area contributed by atoms with E-state index in [-0.39, 0.29) is 17.5 Å². The molecule has 1 aromatic rings. The van der Waals surface area contributed by atoms with Gasteiger partial charge in [-0.3, -0.25) is 9.69 Å². The van der Waals surface area contributed by atoms with Crippen LogP contribution in [-0.2, 0) is 15.1 Å². The molecule has 1 amide bonds. The minimum Gasteiger partial charge on any atom is -0.381 e. The molecule has 1 unspecified atom stereocenters. The summed E-state index contributed by atoms with van der Waals surface area (Å²) in [5.41, 5.74) is 0.930. The minimum absolute atomic E-state index is 0.0113. The number of likely N-dealkylation sites (N-methyl/N-ethyl adjacent to an activating group) is 1. The summed E-state index contributed by atoms with van der Waals surface area (Å²) in [7, 11) is 2.06. The third-order valence-electron chi connectivity index (χ3n) is 5.11. The number of carbonyl (C=O) groups is 1. The largest absolute Gasteiger partial charge is 0.381 e. The number of benzene rings is 1. The zero-order valence-corrected chi connectivity index (χ0v) is 13.4. The van der Waals surface area contributed by atoms with Crippen LogP contribution in [0.3, 0.4) is 0 Å². The van der Waals surface area contributed by atoms with E-state index in [9.17, 15) is 4.79 Å². The predicted octanol–water partition coefficient (Wildman–Crippen LogP) is 2.29. The average molecular weight is 302 g/mol. The number of nitrogens with one attached hydrogen (secondary N) is 1. The smallest absolute Gasteiger partial charge is 0.238 e. The second-order valence-corrected chi connectivity index (χ2v) is 6.54. The molecule has 0 radical (unpaired) electrons. The second-order valence-electron chi connectivity index (χ2n) is 6.54. The molecule has 2 aliphatic rings. The lowest BCUT2D eigenvalue weighted by Crippen LogP contribution is -2.56. The summed E-state index contributed by atoms with van der Waals surface area (Å²) in [6, 6.07) is 10.4. The fourth-order valence-corrected chi connectivity index (χ4v) is 3.69. The van der Waals surface area contributed by atoms with Crippen LogP contribution in [-0.4, -0.2) is 43.7 Å². The maximum absolute atomic E-state index is 12.9. The summed E-state index contributed by atoms with van der Waals surface area (Å²) >= 11 is 0. The second kappa shape index (κ2) is 6.80. The molecule has 2 aliphatic heterocycles. The molecule has 22 heavy (non-hydrogen) atoms. The van der Waals surface area contributed by atoms with Gasteiger partial charge in [0.05, 0.1) is 11.6 Å². The molecule has 3 rings (SSSR count). The van der Waals surface area contributed by atoms with Crippen molar-refractivity contribution in [3.63, 3.8) is 0 Å². The van der Waals surface area contributed by atoms with Gasteiger partial charge in [-0.2, -0.15) is 0 Å². The first kappa shape index (κ1) is 15.5. The van der Waals surface area contributed by atoms with Gasteiger partial charge in [0.1, 0.15) is 0 Å². The van der Waals surface area contributed by atoms with Crippen LogP contribution in [0.25, 0.3) is 0 Å². The number of likely N-dealkylation sites (tertiary alicyclic amines) is 1. The molecule has 2 saturated heterocycles. The number of amides is 1. The highest BCUT2D eigenvalue weighted by Gasteiger charge is 2.38. The highest BCUT2D eigenvalue weighted by atomic mass is 16.5. The Morgan fingerprint density at radius 2 is 1.95 bits per heavy atom. The van der Waals surface area contributed by atoms with Crippen molar-refractivity contribution in [2.24, 2.45) is 0 Å². The highest BCUT2D eigenvalue weighted by molar-refractivity contribution is 5.82. The molecular formula is C18H26N2O2. The van der Waals surface area contributed by atoms with E-state index in [2.05, 4.69) is 29.4 Å². The van der Waals surface area contributed by atoms with Gasteiger partial charge in [-0.1, -0.05) is 36.8 Å². The first-order chi connectivity index (χ1) is 10.7. The van der Waals surface area contributed by atoms with E-state index < -0.39 is 0 Å². The van der Waals surface area contributed by atoms with Crippen molar-refractivity contribution in [1.29, 1.82) is 0 Å². The zero-order chi connectivity index (χ0) is 15.4. The predicted molar refractivity (Wildman–Crippen MR) is 86.6 cm³/mol.